The van der Waals surface area contributed by atoms with Crippen LogP contribution in [0, 0.1) is 0 Å². The standard InChI is InChI=1S/C11H16N2O2S2/c14-10(15)2-1-9-7-17-11(13-9)12-8-3-5-16-6-4-8/h7-8H,1-6H2,(H,12,13)(H,14,15). The minimum atomic E-state index is -0.767. The molecular formula is C11H16N2O2S2. The van der Waals surface area contributed by atoms with Gasteiger partial charge >= 0.3 is 5.97 Å². The molecule has 0 amide bonds. The number of thiazole rings is 1. The summed E-state index contributed by atoms with van der Waals surface area (Å²) in [4.78, 5) is 14.9. The number of aliphatic carboxylic acids is 1. The molecule has 0 spiro atoms. The molecule has 1 aliphatic rings. The molecule has 1 aromatic heterocycles. The number of rotatable bonds is 5. The van der Waals surface area contributed by atoms with E-state index in [9.17, 15) is 4.79 Å². The molecular weight excluding hydrogens is 256 g/mol. The van der Waals surface area contributed by atoms with Crippen LogP contribution >= 0.6 is 23.1 Å². The van der Waals surface area contributed by atoms with Crippen molar-refractivity contribution in [1.29, 1.82) is 0 Å². The fraction of sp³-hybridized carbons (Fsp3) is 0.636. The molecule has 94 valence electrons. The number of carboxylic acid groups (broad SMARTS) is 1. The first-order valence-electron chi connectivity index (χ1n) is 5.74. The van der Waals surface area contributed by atoms with Gasteiger partial charge in [0.2, 0.25) is 0 Å². The summed E-state index contributed by atoms with van der Waals surface area (Å²) >= 11 is 3.58. The predicted molar refractivity (Wildman–Crippen MR) is 72.0 cm³/mol. The van der Waals surface area contributed by atoms with Gasteiger partial charge in [-0.1, -0.05) is 0 Å². The highest BCUT2D eigenvalue weighted by atomic mass is 32.2. The lowest BCUT2D eigenvalue weighted by Crippen LogP contribution is -2.24. The predicted octanol–water partition coefficient (Wildman–Crippen LogP) is 2.47. The summed E-state index contributed by atoms with van der Waals surface area (Å²) in [7, 11) is 0. The Bertz CT molecular complexity index is 375. The number of carboxylic acids is 1. The van der Waals surface area contributed by atoms with Crippen molar-refractivity contribution in [2.24, 2.45) is 0 Å². The Kier molecular flexibility index (Phi) is 4.67. The molecule has 0 bridgehead atoms. The third-order valence-corrected chi connectivity index (χ3v) is 4.57. The molecule has 2 N–H and O–H groups in total. The Balaban J connectivity index is 1.82. The van der Waals surface area contributed by atoms with E-state index < -0.39 is 5.97 Å². The van der Waals surface area contributed by atoms with E-state index >= 15 is 0 Å². The van der Waals surface area contributed by atoms with Crippen molar-refractivity contribution < 1.29 is 9.90 Å². The lowest BCUT2D eigenvalue weighted by atomic mass is 10.2. The molecule has 17 heavy (non-hydrogen) atoms. The number of thioether (sulfide) groups is 1. The van der Waals surface area contributed by atoms with Crippen molar-refractivity contribution in [2.45, 2.75) is 31.7 Å². The van der Waals surface area contributed by atoms with Crippen LogP contribution in [0.4, 0.5) is 5.13 Å². The quantitative estimate of drug-likeness (QED) is 0.862. The Labute approximate surface area is 109 Å². The Hall–Kier alpha value is -0.750. The highest BCUT2D eigenvalue weighted by Gasteiger charge is 2.14. The second-order valence-corrected chi connectivity index (χ2v) is 6.15. The van der Waals surface area contributed by atoms with Crippen LogP contribution in [-0.4, -0.2) is 33.6 Å². The lowest BCUT2D eigenvalue weighted by molar-refractivity contribution is -0.136. The van der Waals surface area contributed by atoms with E-state index in [-0.39, 0.29) is 6.42 Å². The molecule has 1 aliphatic heterocycles. The first-order valence-corrected chi connectivity index (χ1v) is 7.78. The molecule has 1 aromatic rings. The van der Waals surface area contributed by atoms with Crippen LogP contribution in [-0.2, 0) is 11.2 Å². The number of aryl methyl sites for hydroxylation is 1. The molecule has 4 nitrogen and oxygen atoms in total. The van der Waals surface area contributed by atoms with Crippen molar-refractivity contribution in [3.63, 3.8) is 0 Å². The number of carbonyl (C=O) groups is 1. The van der Waals surface area contributed by atoms with Crippen molar-refractivity contribution in [3.8, 4) is 0 Å². The van der Waals surface area contributed by atoms with Gasteiger partial charge in [0.15, 0.2) is 5.13 Å². The van der Waals surface area contributed by atoms with Crippen molar-refractivity contribution in [3.05, 3.63) is 11.1 Å². The van der Waals surface area contributed by atoms with Gasteiger partial charge in [-0.15, -0.1) is 11.3 Å². The van der Waals surface area contributed by atoms with Crippen LogP contribution in [0.25, 0.3) is 0 Å². The first-order chi connectivity index (χ1) is 8.24. The van der Waals surface area contributed by atoms with Gasteiger partial charge in [0.25, 0.3) is 0 Å². The van der Waals surface area contributed by atoms with Gasteiger partial charge < -0.3 is 10.4 Å². The summed E-state index contributed by atoms with van der Waals surface area (Å²) in [5.41, 5.74) is 0.880. The van der Waals surface area contributed by atoms with Gasteiger partial charge in [0.05, 0.1) is 12.1 Å². The minimum Gasteiger partial charge on any atom is -0.481 e. The van der Waals surface area contributed by atoms with Crippen LogP contribution < -0.4 is 5.32 Å². The van der Waals surface area contributed by atoms with Crippen LogP contribution in [0.2, 0.25) is 0 Å². The third-order valence-electron chi connectivity index (χ3n) is 2.70. The SMILES string of the molecule is O=C(O)CCc1csc(NC2CCSCC2)n1. The zero-order valence-electron chi connectivity index (χ0n) is 9.52. The van der Waals surface area contributed by atoms with Crippen LogP contribution in [0.15, 0.2) is 5.38 Å². The fourth-order valence-electron chi connectivity index (χ4n) is 1.74. The summed E-state index contributed by atoms with van der Waals surface area (Å²) in [6.07, 6.45) is 3.06. The first kappa shape index (κ1) is 12.7. The maximum atomic E-state index is 10.5. The maximum Gasteiger partial charge on any atom is 0.303 e. The smallest absolute Gasteiger partial charge is 0.303 e. The van der Waals surface area contributed by atoms with Gasteiger partial charge in [-0.25, -0.2) is 4.98 Å². The number of nitrogens with one attached hydrogen (secondary N) is 1. The summed E-state index contributed by atoms with van der Waals surface area (Å²) in [5, 5.41) is 14.9. The number of nitrogens with zero attached hydrogens (tertiary/aromatic N) is 1. The van der Waals surface area contributed by atoms with Crippen molar-refractivity contribution in [2.75, 3.05) is 16.8 Å². The summed E-state index contributed by atoms with van der Waals surface area (Å²) in [5.74, 6) is 1.67. The highest BCUT2D eigenvalue weighted by Crippen LogP contribution is 2.23. The number of aromatic nitrogens is 1. The topological polar surface area (TPSA) is 62.2 Å². The van der Waals surface area contributed by atoms with E-state index in [2.05, 4.69) is 10.3 Å². The monoisotopic (exact) mass is 272 g/mol. The molecule has 2 rings (SSSR count). The Morgan fingerprint density at radius 2 is 2.29 bits per heavy atom. The lowest BCUT2D eigenvalue weighted by Gasteiger charge is -2.21. The van der Waals surface area contributed by atoms with Crippen LogP contribution in [0.3, 0.4) is 0 Å². The highest BCUT2D eigenvalue weighted by molar-refractivity contribution is 7.99. The van der Waals surface area contributed by atoms with E-state index in [1.165, 1.54) is 24.3 Å². The zero-order chi connectivity index (χ0) is 12.1. The van der Waals surface area contributed by atoms with Gasteiger partial charge in [0.1, 0.15) is 0 Å². The molecule has 1 fully saturated rings. The van der Waals surface area contributed by atoms with E-state index in [1.54, 1.807) is 11.3 Å². The van der Waals surface area contributed by atoms with Crippen LogP contribution in [0.1, 0.15) is 25.0 Å². The summed E-state index contributed by atoms with van der Waals surface area (Å²) < 4.78 is 0. The van der Waals surface area contributed by atoms with Crippen LogP contribution in [0.5, 0.6) is 0 Å². The minimum absolute atomic E-state index is 0.156. The molecule has 0 atom stereocenters. The zero-order valence-corrected chi connectivity index (χ0v) is 11.1. The van der Waals surface area contributed by atoms with Gasteiger partial charge in [-0.05, 0) is 24.3 Å². The van der Waals surface area contributed by atoms with Crippen molar-refractivity contribution >= 4 is 34.2 Å². The van der Waals surface area contributed by atoms with E-state index in [0.29, 0.717) is 12.5 Å². The normalized spacial score (nSPS) is 16.9. The molecule has 0 saturated carbocycles. The average molecular weight is 272 g/mol. The molecule has 1 saturated heterocycles. The maximum absolute atomic E-state index is 10.5. The van der Waals surface area contributed by atoms with E-state index in [4.69, 9.17) is 5.11 Å². The Morgan fingerprint density at radius 3 is 3.00 bits per heavy atom. The largest absolute Gasteiger partial charge is 0.481 e. The summed E-state index contributed by atoms with van der Waals surface area (Å²) in [6.45, 7) is 0. The van der Waals surface area contributed by atoms with Gasteiger partial charge in [-0.3, -0.25) is 4.79 Å². The van der Waals surface area contributed by atoms with Crippen molar-refractivity contribution in [1.82, 2.24) is 4.98 Å². The molecule has 0 radical (unpaired) electrons. The molecule has 0 unspecified atom stereocenters. The number of anilines is 1. The number of hydrogen-bond donors (Lipinski definition) is 2. The van der Waals surface area contributed by atoms with E-state index in [0.717, 1.165) is 10.8 Å². The van der Waals surface area contributed by atoms with E-state index in [1.807, 2.05) is 17.1 Å². The molecule has 0 aromatic carbocycles. The molecule has 6 heteroatoms. The third kappa shape index (κ3) is 4.20. The van der Waals surface area contributed by atoms with Gasteiger partial charge in [0, 0.05) is 17.8 Å². The average Bonchev–Trinajstić information content (AvgIpc) is 2.75. The molecule has 0 aliphatic carbocycles. The second-order valence-electron chi connectivity index (χ2n) is 4.07. The number of hydrogen-bond acceptors (Lipinski definition) is 5. The summed E-state index contributed by atoms with van der Waals surface area (Å²) in [6, 6.07) is 0.537. The fourth-order valence-corrected chi connectivity index (χ4v) is 3.67. The second kappa shape index (κ2) is 6.26. The molecule has 2 heterocycles. The van der Waals surface area contributed by atoms with Gasteiger partial charge in [-0.2, -0.15) is 11.8 Å². The Morgan fingerprint density at radius 1 is 1.53 bits per heavy atom.